The van der Waals surface area contributed by atoms with Crippen LogP contribution in [0.25, 0.3) is 6.08 Å². The van der Waals surface area contributed by atoms with Gasteiger partial charge in [-0.15, -0.1) is 0 Å². The molecule has 1 amide bonds. The molecule has 4 aliphatic carbocycles. The van der Waals surface area contributed by atoms with Gasteiger partial charge in [0.05, 0.1) is 12.1 Å². The summed E-state index contributed by atoms with van der Waals surface area (Å²) in [6.07, 6.45) is 10.8. The third kappa shape index (κ3) is 3.24. The number of amides is 1. The first kappa shape index (κ1) is 16.8. The number of benzene rings is 1. The minimum Gasteiger partial charge on any atom is -0.503 e. The van der Waals surface area contributed by atoms with Crippen molar-refractivity contribution in [2.75, 3.05) is 7.11 Å². The fourth-order valence-electron chi connectivity index (χ4n) is 5.58. The summed E-state index contributed by atoms with van der Waals surface area (Å²) < 4.78 is 5.10. The van der Waals surface area contributed by atoms with E-state index in [0.717, 1.165) is 42.6 Å². The van der Waals surface area contributed by atoms with Crippen molar-refractivity contribution in [3.8, 4) is 11.5 Å². The van der Waals surface area contributed by atoms with E-state index in [1.54, 1.807) is 24.3 Å². The lowest BCUT2D eigenvalue weighted by atomic mass is 9.53. The lowest BCUT2D eigenvalue weighted by Crippen LogP contribution is -2.59. The summed E-state index contributed by atoms with van der Waals surface area (Å²) in [5, 5.41) is 13.3. The summed E-state index contributed by atoms with van der Waals surface area (Å²) in [5.41, 5.74) is 0.737. The first-order valence-electron chi connectivity index (χ1n) is 9.03. The second-order valence-corrected chi connectivity index (χ2v) is 8.48. The highest BCUT2D eigenvalue weighted by atomic mass is 35.5. The predicted molar refractivity (Wildman–Crippen MR) is 97.7 cm³/mol. The first-order valence-corrected chi connectivity index (χ1v) is 9.41. The van der Waals surface area contributed by atoms with Crippen molar-refractivity contribution in [1.82, 2.24) is 5.32 Å². The fraction of sp³-hybridized carbons (Fsp3) is 0.550. The number of rotatable bonds is 4. The van der Waals surface area contributed by atoms with Crippen LogP contribution in [0, 0.1) is 17.8 Å². The summed E-state index contributed by atoms with van der Waals surface area (Å²) in [6, 6.07) is 3.28. The number of hydrogen-bond donors (Lipinski definition) is 2. The third-order valence-corrected chi connectivity index (χ3v) is 6.41. The number of aromatic hydroxyl groups is 1. The summed E-state index contributed by atoms with van der Waals surface area (Å²) in [4.78, 5) is 12.5. The largest absolute Gasteiger partial charge is 0.503 e. The van der Waals surface area contributed by atoms with Gasteiger partial charge in [0.25, 0.3) is 0 Å². The monoisotopic (exact) mass is 361 g/mol. The number of phenols is 1. The molecule has 0 radical (unpaired) electrons. The molecule has 0 spiro atoms. The summed E-state index contributed by atoms with van der Waals surface area (Å²) in [6.45, 7) is 0. The molecule has 4 nitrogen and oxygen atoms in total. The molecule has 5 rings (SSSR count). The number of carbonyl (C=O) groups is 1. The number of hydrogen-bond acceptors (Lipinski definition) is 3. The van der Waals surface area contributed by atoms with E-state index in [1.807, 2.05) is 0 Å². The van der Waals surface area contributed by atoms with E-state index >= 15 is 0 Å². The van der Waals surface area contributed by atoms with Crippen molar-refractivity contribution in [2.45, 2.75) is 44.1 Å². The number of phenolic OH excluding ortho intramolecular Hbond substituents is 1. The second kappa shape index (κ2) is 6.24. The zero-order valence-electron chi connectivity index (χ0n) is 14.4. The van der Waals surface area contributed by atoms with Gasteiger partial charge in [0.1, 0.15) is 0 Å². The van der Waals surface area contributed by atoms with Crippen LogP contribution in [0.1, 0.15) is 44.1 Å². The Kier molecular flexibility index (Phi) is 4.19. The highest BCUT2D eigenvalue weighted by molar-refractivity contribution is 6.32. The lowest BCUT2D eigenvalue weighted by Gasteiger charge is -2.56. The van der Waals surface area contributed by atoms with Gasteiger partial charge in [0.2, 0.25) is 5.91 Å². The van der Waals surface area contributed by atoms with Crippen LogP contribution in [0.4, 0.5) is 0 Å². The van der Waals surface area contributed by atoms with E-state index in [0.29, 0.717) is 5.75 Å². The second-order valence-electron chi connectivity index (χ2n) is 8.07. The molecule has 2 N–H and O–H groups in total. The van der Waals surface area contributed by atoms with Crippen molar-refractivity contribution >= 4 is 23.6 Å². The molecule has 0 atom stereocenters. The summed E-state index contributed by atoms with van der Waals surface area (Å²) in [5.74, 6) is 2.57. The molecule has 0 unspecified atom stereocenters. The van der Waals surface area contributed by atoms with E-state index in [9.17, 15) is 9.90 Å². The van der Waals surface area contributed by atoms with Crippen LogP contribution >= 0.6 is 11.6 Å². The van der Waals surface area contributed by atoms with Crippen molar-refractivity contribution in [1.29, 1.82) is 0 Å². The molecular formula is C20H24ClNO3. The SMILES string of the molecule is COc1cc(/C=C/C(=O)NC23CC4CC(CC(C4)C2)C3)cc(Cl)c1O. The number of nitrogens with one attached hydrogen (secondary N) is 1. The number of carbonyl (C=O) groups excluding carboxylic acids is 1. The standard InChI is InChI=1S/C20H24ClNO3/c1-25-17-8-12(7-16(21)19(17)24)2-3-18(23)22-20-9-13-4-14(10-20)6-15(5-13)11-20/h2-3,7-8,13-15,24H,4-6,9-11H2,1H3,(H,22,23)/b3-2+. The Bertz CT molecular complexity index is 693. The first-order chi connectivity index (χ1) is 12.0. The molecule has 5 heteroatoms. The van der Waals surface area contributed by atoms with E-state index in [1.165, 1.54) is 26.4 Å². The zero-order chi connectivity index (χ0) is 17.6. The molecule has 1 aromatic rings. The van der Waals surface area contributed by atoms with Crippen molar-refractivity contribution in [3.05, 3.63) is 28.8 Å². The van der Waals surface area contributed by atoms with E-state index < -0.39 is 0 Å². The summed E-state index contributed by atoms with van der Waals surface area (Å²) >= 11 is 5.99. The van der Waals surface area contributed by atoms with Gasteiger partial charge in [0.15, 0.2) is 11.5 Å². The molecular weight excluding hydrogens is 338 g/mol. The molecule has 0 aliphatic heterocycles. The average Bonchev–Trinajstić information content (AvgIpc) is 2.54. The van der Waals surface area contributed by atoms with Gasteiger partial charge in [0, 0.05) is 11.6 Å². The Morgan fingerprint density at radius 1 is 1.24 bits per heavy atom. The molecule has 4 fully saturated rings. The van der Waals surface area contributed by atoms with Crippen LogP contribution in [0.3, 0.4) is 0 Å². The topological polar surface area (TPSA) is 58.6 Å². The van der Waals surface area contributed by atoms with E-state index in [-0.39, 0.29) is 22.2 Å². The van der Waals surface area contributed by atoms with Crippen LogP contribution in [0.2, 0.25) is 5.02 Å². The van der Waals surface area contributed by atoms with Gasteiger partial charge < -0.3 is 15.2 Å². The van der Waals surface area contributed by atoms with Gasteiger partial charge in [-0.1, -0.05) is 11.6 Å². The Hall–Kier alpha value is -1.68. The maximum absolute atomic E-state index is 12.5. The molecule has 134 valence electrons. The van der Waals surface area contributed by atoms with Crippen LogP contribution in [-0.4, -0.2) is 23.7 Å². The van der Waals surface area contributed by atoms with Gasteiger partial charge in [-0.3, -0.25) is 4.79 Å². The van der Waals surface area contributed by atoms with Crippen LogP contribution in [0.5, 0.6) is 11.5 Å². The minimum absolute atomic E-state index is 0.0143. The molecule has 1 aromatic carbocycles. The van der Waals surface area contributed by atoms with Crippen LogP contribution in [-0.2, 0) is 4.79 Å². The molecule has 0 saturated heterocycles. The Balaban J connectivity index is 1.46. The quantitative estimate of drug-likeness (QED) is 0.792. The molecule has 0 aromatic heterocycles. The van der Waals surface area contributed by atoms with Crippen molar-refractivity contribution in [3.63, 3.8) is 0 Å². The molecule has 4 aliphatic rings. The number of methoxy groups -OCH3 is 1. The minimum atomic E-state index is -0.0839. The third-order valence-electron chi connectivity index (χ3n) is 6.12. The van der Waals surface area contributed by atoms with Gasteiger partial charge >= 0.3 is 0 Å². The summed E-state index contributed by atoms with van der Waals surface area (Å²) in [7, 11) is 1.47. The normalized spacial score (nSPS) is 33.0. The molecule has 0 heterocycles. The highest BCUT2D eigenvalue weighted by Gasteiger charge is 2.51. The average molecular weight is 362 g/mol. The number of ether oxygens (including phenoxy) is 1. The van der Waals surface area contributed by atoms with E-state index in [2.05, 4.69) is 5.32 Å². The van der Waals surface area contributed by atoms with Gasteiger partial charge in [-0.05, 0) is 80.1 Å². The molecule has 25 heavy (non-hydrogen) atoms. The fourth-order valence-corrected chi connectivity index (χ4v) is 5.80. The maximum atomic E-state index is 12.5. The zero-order valence-corrected chi connectivity index (χ0v) is 15.2. The van der Waals surface area contributed by atoms with Crippen LogP contribution < -0.4 is 10.1 Å². The smallest absolute Gasteiger partial charge is 0.244 e. The predicted octanol–water partition coefficient (Wildman–Crippen LogP) is 4.15. The van der Waals surface area contributed by atoms with Crippen LogP contribution in [0.15, 0.2) is 18.2 Å². The van der Waals surface area contributed by atoms with E-state index in [4.69, 9.17) is 16.3 Å². The number of halogens is 1. The maximum Gasteiger partial charge on any atom is 0.244 e. The van der Waals surface area contributed by atoms with Gasteiger partial charge in [-0.2, -0.15) is 0 Å². The Morgan fingerprint density at radius 3 is 2.40 bits per heavy atom. The Labute approximate surface area is 153 Å². The highest BCUT2D eigenvalue weighted by Crippen LogP contribution is 2.55. The molecule has 4 bridgehead atoms. The van der Waals surface area contributed by atoms with Gasteiger partial charge in [-0.25, -0.2) is 0 Å². The molecule has 4 saturated carbocycles. The van der Waals surface area contributed by atoms with Crippen molar-refractivity contribution < 1.29 is 14.6 Å². The lowest BCUT2D eigenvalue weighted by molar-refractivity contribution is -0.122. The Morgan fingerprint density at radius 2 is 1.84 bits per heavy atom. The van der Waals surface area contributed by atoms with Crippen molar-refractivity contribution in [2.24, 2.45) is 17.8 Å².